The molecule has 0 saturated heterocycles. The summed E-state index contributed by atoms with van der Waals surface area (Å²) in [5, 5.41) is 6.94. The minimum absolute atomic E-state index is 0.299. The zero-order valence-corrected chi connectivity index (χ0v) is 16.3. The summed E-state index contributed by atoms with van der Waals surface area (Å²) in [5.41, 5.74) is 9.11. The highest BCUT2D eigenvalue weighted by Crippen LogP contribution is 2.27. The van der Waals surface area contributed by atoms with E-state index in [0.717, 1.165) is 18.7 Å². The van der Waals surface area contributed by atoms with Crippen molar-refractivity contribution in [2.75, 3.05) is 11.9 Å². The van der Waals surface area contributed by atoms with Crippen molar-refractivity contribution in [3.63, 3.8) is 0 Å². The summed E-state index contributed by atoms with van der Waals surface area (Å²) in [6.07, 6.45) is 0.913. The summed E-state index contributed by atoms with van der Waals surface area (Å²) in [7, 11) is 0. The molecule has 0 spiro atoms. The lowest BCUT2D eigenvalue weighted by atomic mass is 9.88. The van der Waals surface area contributed by atoms with Gasteiger partial charge >= 0.3 is 0 Å². The molecule has 0 aliphatic heterocycles. The minimum atomic E-state index is -0.444. The Morgan fingerprint density at radius 2 is 1.39 bits per heavy atom. The van der Waals surface area contributed by atoms with E-state index in [2.05, 4.69) is 59.2 Å². The molecule has 3 aromatic rings. The second kappa shape index (κ2) is 9.67. The van der Waals surface area contributed by atoms with E-state index in [0.29, 0.717) is 16.6 Å². The topological polar surface area (TPSA) is 67.2 Å². The Morgan fingerprint density at radius 1 is 0.857 bits per heavy atom. The lowest BCUT2D eigenvalue weighted by molar-refractivity contribution is 0.100. The van der Waals surface area contributed by atoms with Crippen LogP contribution in [0, 0.1) is 0 Å². The maximum absolute atomic E-state index is 11.1. The number of amides is 1. The van der Waals surface area contributed by atoms with E-state index >= 15 is 0 Å². The Bertz CT molecular complexity index is 872. The molecule has 5 heteroatoms. The summed E-state index contributed by atoms with van der Waals surface area (Å²) >= 11 is 5.39. The molecule has 0 bridgehead atoms. The van der Waals surface area contributed by atoms with E-state index in [1.54, 1.807) is 24.3 Å². The number of primary amides is 1. The average Bonchev–Trinajstić information content (AvgIpc) is 2.73. The third-order valence-corrected chi connectivity index (χ3v) is 4.80. The van der Waals surface area contributed by atoms with Crippen molar-refractivity contribution < 1.29 is 4.79 Å². The zero-order chi connectivity index (χ0) is 19.8. The molecule has 142 valence electrons. The summed E-state index contributed by atoms with van der Waals surface area (Å²) in [4.78, 5) is 11.1. The van der Waals surface area contributed by atoms with E-state index < -0.39 is 5.91 Å². The molecule has 0 aliphatic carbocycles. The normalized spacial score (nSPS) is 10.5. The van der Waals surface area contributed by atoms with Crippen LogP contribution in [0.5, 0.6) is 0 Å². The van der Waals surface area contributed by atoms with Crippen molar-refractivity contribution in [3.05, 3.63) is 102 Å². The fourth-order valence-corrected chi connectivity index (χ4v) is 3.34. The van der Waals surface area contributed by atoms with Gasteiger partial charge in [-0.25, -0.2) is 0 Å². The first kappa shape index (κ1) is 19.6. The van der Waals surface area contributed by atoms with E-state index in [4.69, 9.17) is 18.0 Å². The van der Waals surface area contributed by atoms with Crippen molar-refractivity contribution in [3.8, 4) is 0 Å². The van der Waals surface area contributed by atoms with Crippen LogP contribution in [-0.2, 0) is 0 Å². The third kappa shape index (κ3) is 5.41. The standard InChI is InChI=1S/C23H23N3OS/c24-22(27)19-11-13-20(14-12-19)26-23(28)25-16-15-21(17-7-3-1-4-8-17)18-9-5-2-6-10-18/h1-14,21H,15-16H2,(H2,24,27)(H2,25,26,28). The molecule has 0 aliphatic rings. The molecule has 0 aromatic heterocycles. The smallest absolute Gasteiger partial charge is 0.248 e. The molecule has 3 rings (SSSR count). The lowest BCUT2D eigenvalue weighted by Gasteiger charge is -2.19. The predicted molar refractivity (Wildman–Crippen MR) is 119 cm³/mol. The quantitative estimate of drug-likeness (QED) is 0.527. The van der Waals surface area contributed by atoms with Crippen molar-refractivity contribution in [2.45, 2.75) is 12.3 Å². The van der Waals surface area contributed by atoms with Gasteiger partial charge in [0.05, 0.1) is 0 Å². The number of anilines is 1. The summed E-state index contributed by atoms with van der Waals surface area (Å²) in [6.45, 7) is 0.736. The SMILES string of the molecule is NC(=O)c1ccc(NC(=S)NCCC(c2ccccc2)c2ccccc2)cc1. The van der Waals surface area contributed by atoms with Crippen LogP contribution in [0.4, 0.5) is 5.69 Å². The highest BCUT2D eigenvalue weighted by molar-refractivity contribution is 7.80. The Hall–Kier alpha value is -3.18. The number of carbonyl (C=O) groups is 1. The second-order valence-corrected chi connectivity index (χ2v) is 6.89. The molecule has 1 amide bonds. The minimum Gasteiger partial charge on any atom is -0.366 e. The fraction of sp³-hybridized carbons (Fsp3) is 0.130. The molecule has 4 nitrogen and oxygen atoms in total. The summed E-state index contributed by atoms with van der Waals surface area (Å²) in [6, 6.07) is 27.9. The van der Waals surface area contributed by atoms with Crippen LogP contribution in [0.25, 0.3) is 0 Å². The number of hydrogen-bond donors (Lipinski definition) is 3. The van der Waals surface area contributed by atoms with Gasteiger partial charge in [0.2, 0.25) is 5.91 Å². The van der Waals surface area contributed by atoms with Crippen LogP contribution in [0.1, 0.15) is 33.8 Å². The Kier molecular flexibility index (Phi) is 6.76. The summed E-state index contributed by atoms with van der Waals surface area (Å²) < 4.78 is 0. The molecular formula is C23H23N3OS. The maximum Gasteiger partial charge on any atom is 0.248 e. The van der Waals surface area contributed by atoms with E-state index in [1.807, 2.05) is 12.1 Å². The highest BCUT2D eigenvalue weighted by atomic mass is 32.1. The van der Waals surface area contributed by atoms with Gasteiger partial charge in [-0.2, -0.15) is 0 Å². The summed E-state index contributed by atoms with van der Waals surface area (Å²) in [5.74, 6) is -0.146. The third-order valence-electron chi connectivity index (χ3n) is 4.55. The van der Waals surface area contributed by atoms with Crippen LogP contribution in [0.3, 0.4) is 0 Å². The van der Waals surface area contributed by atoms with Gasteiger partial charge in [0.15, 0.2) is 5.11 Å². The molecular weight excluding hydrogens is 366 g/mol. The first-order chi connectivity index (χ1) is 13.6. The van der Waals surface area contributed by atoms with Gasteiger partial charge in [0, 0.05) is 23.7 Å². The van der Waals surface area contributed by atoms with E-state index in [9.17, 15) is 4.79 Å². The largest absolute Gasteiger partial charge is 0.366 e. The molecule has 28 heavy (non-hydrogen) atoms. The molecule has 0 radical (unpaired) electrons. The van der Waals surface area contributed by atoms with Crippen LogP contribution in [-0.4, -0.2) is 17.6 Å². The first-order valence-electron chi connectivity index (χ1n) is 9.18. The van der Waals surface area contributed by atoms with Crippen LogP contribution in [0.15, 0.2) is 84.9 Å². The lowest BCUT2D eigenvalue weighted by Crippen LogP contribution is -2.30. The first-order valence-corrected chi connectivity index (χ1v) is 9.59. The van der Waals surface area contributed by atoms with Gasteiger partial charge < -0.3 is 16.4 Å². The number of benzene rings is 3. The number of rotatable bonds is 7. The Labute approximate surface area is 170 Å². The van der Waals surface area contributed by atoms with Gasteiger partial charge in [0.25, 0.3) is 0 Å². The molecule has 4 N–H and O–H groups in total. The predicted octanol–water partition coefficient (Wildman–Crippen LogP) is 4.29. The number of thiocarbonyl (C=S) groups is 1. The van der Waals surface area contributed by atoms with Crippen molar-refractivity contribution in [1.29, 1.82) is 0 Å². The van der Waals surface area contributed by atoms with Crippen LogP contribution in [0.2, 0.25) is 0 Å². The monoisotopic (exact) mass is 389 g/mol. The van der Waals surface area contributed by atoms with Gasteiger partial charge in [-0.3, -0.25) is 4.79 Å². The fourth-order valence-electron chi connectivity index (χ4n) is 3.12. The van der Waals surface area contributed by atoms with Crippen LogP contribution >= 0.6 is 12.2 Å². The molecule has 3 aromatic carbocycles. The molecule has 0 atom stereocenters. The molecule has 0 heterocycles. The van der Waals surface area contributed by atoms with Crippen LogP contribution < -0.4 is 16.4 Å². The maximum atomic E-state index is 11.1. The number of nitrogens with two attached hydrogens (primary N) is 1. The molecule has 0 unspecified atom stereocenters. The average molecular weight is 390 g/mol. The van der Waals surface area contributed by atoms with E-state index in [-0.39, 0.29) is 0 Å². The van der Waals surface area contributed by atoms with E-state index in [1.165, 1.54) is 11.1 Å². The molecule has 0 saturated carbocycles. The zero-order valence-electron chi connectivity index (χ0n) is 15.5. The van der Waals surface area contributed by atoms with Gasteiger partial charge in [-0.05, 0) is 54.0 Å². The van der Waals surface area contributed by atoms with Crippen molar-refractivity contribution >= 4 is 28.9 Å². The van der Waals surface area contributed by atoms with Gasteiger partial charge in [-0.15, -0.1) is 0 Å². The Morgan fingerprint density at radius 3 is 1.89 bits per heavy atom. The number of hydrogen-bond acceptors (Lipinski definition) is 2. The van der Waals surface area contributed by atoms with Crippen molar-refractivity contribution in [1.82, 2.24) is 5.32 Å². The number of nitrogens with one attached hydrogen (secondary N) is 2. The van der Waals surface area contributed by atoms with Gasteiger partial charge in [0.1, 0.15) is 0 Å². The highest BCUT2D eigenvalue weighted by Gasteiger charge is 2.13. The van der Waals surface area contributed by atoms with Crippen molar-refractivity contribution in [2.24, 2.45) is 5.73 Å². The second-order valence-electron chi connectivity index (χ2n) is 6.49. The van der Waals surface area contributed by atoms with Gasteiger partial charge in [-0.1, -0.05) is 60.7 Å². The molecule has 0 fully saturated rings. The number of carbonyl (C=O) groups excluding carboxylic acids is 1. The Balaban J connectivity index is 1.58.